The minimum Gasteiger partial charge on any atom is -0.222 e. The maximum Gasteiger partial charge on any atom is 0.155 e. The maximum absolute atomic E-state index is 5.91. The normalized spacial score (nSPS) is 10.6. The van der Waals surface area contributed by atoms with E-state index < -0.39 is 0 Å². The highest BCUT2D eigenvalue weighted by molar-refractivity contribution is 9.10. The highest BCUT2D eigenvalue weighted by Crippen LogP contribution is 2.34. The number of aromatic nitrogens is 1. The average Bonchev–Trinajstić information content (AvgIpc) is 2.58. The van der Waals surface area contributed by atoms with Crippen molar-refractivity contribution in [1.29, 1.82) is 0 Å². The Morgan fingerprint density at radius 2 is 2.07 bits per heavy atom. The fourth-order valence-electron chi connectivity index (χ4n) is 0.927. The number of hydrogen-bond donors (Lipinski definition) is 0. The van der Waals surface area contributed by atoms with Gasteiger partial charge >= 0.3 is 0 Å². The van der Waals surface area contributed by atoms with Crippen molar-refractivity contribution in [2.75, 3.05) is 0 Å². The Morgan fingerprint density at radius 1 is 1.27 bits per heavy atom. The van der Waals surface area contributed by atoms with E-state index in [9.17, 15) is 0 Å². The fourth-order valence-corrected chi connectivity index (χ4v) is 3.67. The first-order valence-electron chi connectivity index (χ1n) is 3.89. The second-order valence-electron chi connectivity index (χ2n) is 2.61. The zero-order valence-corrected chi connectivity index (χ0v) is 11.9. The lowest BCUT2D eigenvalue weighted by atomic mass is 10.4. The van der Waals surface area contributed by atoms with Gasteiger partial charge in [-0.05, 0) is 34.1 Å². The van der Waals surface area contributed by atoms with Crippen LogP contribution in [0, 0.1) is 0 Å². The summed E-state index contributed by atoms with van der Waals surface area (Å²) in [5.41, 5.74) is 0. The number of hydrogen-bond acceptors (Lipinski definition) is 3. The molecule has 0 N–H and O–H groups in total. The Kier molecular flexibility index (Phi) is 3.96. The van der Waals surface area contributed by atoms with E-state index in [2.05, 4.69) is 20.9 Å². The van der Waals surface area contributed by atoms with Crippen LogP contribution < -0.4 is 0 Å². The van der Waals surface area contributed by atoms with E-state index in [0.717, 1.165) is 13.8 Å². The molecule has 1 heterocycles. The van der Waals surface area contributed by atoms with Gasteiger partial charge < -0.3 is 0 Å². The number of halogens is 3. The van der Waals surface area contributed by atoms with E-state index in [4.69, 9.17) is 23.2 Å². The van der Waals surface area contributed by atoms with Crippen molar-refractivity contribution in [3.05, 3.63) is 38.2 Å². The molecule has 0 unspecified atom stereocenters. The van der Waals surface area contributed by atoms with Crippen molar-refractivity contribution < 1.29 is 0 Å². The standard InChI is InChI=1S/C9H4BrCl2NS2/c10-8-4-14-9(13-8)15-5-1-2-6(11)7(12)3-5/h1-4H. The summed E-state index contributed by atoms with van der Waals surface area (Å²) in [7, 11) is 0. The van der Waals surface area contributed by atoms with Gasteiger partial charge in [0.25, 0.3) is 0 Å². The van der Waals surface area contributed by atoms with Gasteiger partial charge in [0.15, 0.2) is 4.34 Å². The predicted octanol–water partition coefficient (Wildman–Crippen LogP) is 5.36. The monoisotopic (exact) mass is 339 g/mol. The molecule has 0 spiro atoms. The predicted molar refractivity (Wildman–Crippen MR) is 70.4 cm³/mol. The summed E-state index contributed by atoms with van der Waals surface area (Å²) in [5, 5.41) is 3.08. The first-order chi connectivity index (χ1) is 7.15. The first kappa shape index (κ1) is 11.7. The third-order valence-corrected chi connectivity index (χ3v) is 4.93. The zero-order chi connectivity index (χ0) is 10.8. The summed E-state index contributed by atoms with van der Waals surface area (Å²) < 4.78 is 1.83. The topological polar surface area (TPSA) is 12.9 Å². The molecule has 0 amide bonds. The van der Waals surface area contributed by atoms with Gasteiger partial charge in [0.1, 0.15) is 4.60 Å². The lowest BCUT2D eigenvalue weighted by Gasteiger charge is -1.99. The van der Waals surface area contributed by atoms with Crippen molar-refractivity contribution in [1.82, 2.24) is 4.98 Å². The molecule has 0 radical (unpaired) electrons. The number of thiazole rings is 1. The van der Waals surface area contributed by atoms with Crippen molar-refractivity contribution >= 4 is 62.2 Å². The number of nitrogens with zero attached hydrogens (tertiary/aromatic N) is 1. The van der Waals surface area contributed by atoms with Crippen LogP contribution in [-0.4, -0.2) is 4.98 Å². The average molecular weight is 341 g/mol. The van der Waals surface area contributed by atoms with Crippen molar-refractivity contribution in [2.24, 2.45) is 0 Å². The number of benzene rings is 1. The molecule has 0 aliphatic heterocycles. The lowest BCUT2D eigenvalue weighted by Crippen LogP contribution is -1.74. The molecule has 0 fully saturated rings. The summed E-state index contributed by atoms with van der Waals surface area (Å²) in [5.74, 6) is 0. The third kappa shape index (κ3) is 3.11. The van der Waals surface area contributed by atoms with Gasteiger partial charge in [-0.3, -0.25) is 0 Å². The highest BCUT2D eigenvalue weighted by Gasteiger charge is 2.04. The molecule has 1 aromatic carbocycles. The van der Waals surface area contributed by atoms with Crippen LogP contribution in [0.25, 0.3) is 0 Å². The summed E-state index contributed by atoms with van der Waals surface area (Å²) in [6.45, 7) is 0. The molecule has 0 aliphatic rings. The molecule has 1 aromatic heterocycles. The van der Waals surface area contributed by atoms with E-state index in [0.29, 0.717) is 10.0 Å². The molecule has 2 aromatic rings. The van der Waals surface area contributed by atoms with Crippen LogP contribution in [0.4, 0.5) is 0 Å². The Hall–Kier alpha value is 0.260. The van der Waals surface area contributed by atoms with Crippen molar-refractivity contribution in [3.8, 4) is 0 Å². The Morgan fingerprint density at radius 3 is 2.67 bits per heavy atom. The van der Waals surface area contributed by atoms with Crippen molar-refractivity contribution in [3.63, 3.8) is 0 Å². The molecule has 6 heteroatoms. The second kappa shape index (κ2) is 5.06. The van der Waals surface area contributed by atoms with Crippen LogP contribution in [0.15, 0.2) is 37.4 Å². The van der Waals surface area contributed by atoms with Crippen LogP contribution in [0.5, 0.6) is 0 Å². The van der Waals surface area contributed by atoms with Gasteiger partial charge in [0.05, 0.1) is 10.0 Å². The second-order valence-corrected chi connectivity index (χ2v) is 6.42. The molecular formula is C9H4BrCl2NS2. The van der Waals surface area contributed by atoms with Crippen LogP contribution in [0.2, 0.25) is 10.0 Å². The molecule has 0 saturated carbocycles. The van der Waals surface area contributed by atoms with Gasteiger partial charge in [-0.25, -0.2) is 4.98 Å². The van der Waals surface area contributed by atoms with Crippen LogP contribution in [0.1, 0.15) is 0 Å². The Bertz CT molecular complexity index is 487. The molecule has 0 saturated heterocycles. The Labute approximate surface area is 114 Å². The molecule has 0 bridgehead atoms. The third-order valence-electron chi connectivity index (χ3n) is 1.55. The van der Waals surface area contributed by atoms with E-state index >= 15 is 0 Å². The van der Waals surface area contributed by atoms with Gasteiger partial charge in [0.2, 0.25) is 0 Å². The van der Waals surface area contributed by atoms with Crippen LogP contribution in [-0.2, 0) is 0 Å². The number of rotatable bonds is 2. The zero-order valence-electron chi connectivity index (χ0n) is 7.21. The molecule has 2 rings (SSSR count). The largest absolute Gasteiger partial charge is 0.222 e. The van der Waals surface area contributed by atoms with Crippen molar-refractivity contribution in [2.45, 2.75) is 9.24 Å². The summed E-state index contributed by atoms with van der Waals surface area (Å²) >= 11 is 18.2. The fraction of sp³-hybridized carbons (Fsp3) is 0. The molecular weight excluding hydrogens is 337 g/mol. The summed E-state index contributed by atoms with van der Waals surface area (Å²) in [4.78, 5) is 5.31. The highest BCUT2D eigenvalue weighted by atomic mass is 79.9. The van der Waals surface area contributed by atoms with E-state index in [1.807, 2.05) is 17.5 Å². The summed E-state index contributed by atoms with van der Waals surface area (Å²) in [6.07, 6.45) is 0. The van der Waals surface area contributed by atoms with Gasteiger partial charge in [-0.15, -0.1) is 11.3 Å². The molecule has 0 aliphatic carbocycles. The van der Waals surface area contributed by atoms with Gasteiger partial charge in [-0.1, -0.05) is 35.0 Å². The van der Waals surface area contributed by atoms with Crippen LogP contribution in [0.3, 0.4) is 0 Å². The maximum atomic E-state index is 5.91. The van der Waals surface area contributed by atoms with Gasteiger partial charge in [0, 0.05) is 10.3 Å². The Balaban J connectivity index is 2.21. The molecule has 1 nitrogen and oxygen atoms in total. The lowest BCUT2D eigenvalue weighted by molar-refractivity contribution is 1.21. The quantitative estimate of drug-likeness (QED) is 0.729. The molecule has 0 atom stereocenters. The first-order valence-corrected chi connectivity index (χ1v) is 7.13. The smallest absolute Gasteiger partial charge is 0.155 e. The minimum atomic E-state index is 0.567. The van der Waals surface area contributed by atoms with Crippen LogP contribution >= 0.6 is 62.2 Å². The van der Waals surface area contributed by atoms with E-state index in [1.54, 1.807) is 29.2 Å². The van der Waals surface area contributed by atoms with E-state index in [1.165, 1.54) is 0 Å². The summed E-state index contributed by atoms with van der Waals surface area (Å²) in [6, 6.07) is 5.55. The molecule has 78 valence electrons. The SMILES string of the molecule is Clc1ccc(Sc2nc(Br)cs2)cc1Cl. The minimum absolute atomic E-state index is 0.567. The molecule has 15 heavy (non-hydrogen) atoms. The van der Waals surface area contributed by atoms with Gasteiger partial charge in [-0.2, -0.15) is 0 Å². The van der Waals surface area contributed by atoms with E-state index in [-0.39, 0.29) is 0 Å².